The maximum atomic E-state index is 11.2. The van der Waals surface area contributed by atoms with Gasteiger partial charge in [0, 0.05) is 16.8 Å². The minimum absolute atomic E-state index is 0.130. The molecule has 0 saturated carbocycles. The number of fused-ring (bicyclic) bond motifs is 1. The van der Waals surface area contributed by atoms with Gasteiger partial charge >= 0.3 is 0 Å². The zero-order valence-corrected chi connectivity index (χ0v) is 16.2. The highest BCUT2D eigenvalue weighted by Gasteiger charge is 2.10. The highest BCUT2D eigenvalue weighted by atomic mass is 16.5. The second-order valence-corrected chi connectivity index (χ2v) is 6.87. The van der Waals surface area contributed by atoms with E-state index in [4.69, 9.17) is 10.5 Å². The quantitative estimate of drug-likeness (QED) is 0.521. The number of primary amides is 1. The van der Waals surface area contributed by atoms with Crippen LogP contribution in [0.25, 0.3) is 16.9 Å². The van der Waals surface area contributed by atoms with Crippen LogP contribution in [-0.2, 0) is 0 Å². The van der Waals surface area contributed by atoms with E-state index < -0.39 is 5.91 Å². The van der Waals surface area contributed by atoms with E-state index >= 15 is 0 Å². The number of nitrogens with one attached hydrogen (secondary N) is 1. The maximum Gasteiger partial charge on any atom is 0.248 e. The van der Waals surface area contributed by atoms with E-state index in [-0.39, 0.29) is 6.10 Å². The number of hydrogen-bond acceptors (Lipinski definition) is 5. The zero-order chi connectivity index (χ0) is 20.4. The van der Waals surface area contributed by atoms with Crippen LogP contribution in [-0.4, -0.2) is 26.6 Å². The Morgan fingerprint density at radius 3 is 2.41 bits per heavy atom. The lowest BCUT2D eigenvalue weighted by molar-refractivity contribution is 0.100. The van der Waals surface area contributed by atoms with E-state index in [0.717, 1.165) is 28.3 Å². The Balaban J connectivity index is 1.62. The summed E-state index contributed by atoms with van der Waals surface area (Å²) < 4.78 is 7.50. The summed E-state index contributed by atoms with van der Waals surface area (Å²) in [6.07, 6.45) is 0.130. The number of benzene rings is 2. The summed E-state index contributed by atoms with van der Waals surface area (Å²) in [5.41, 5.74) is 9.14. The number of carbonyl (C=O) groups excluding carboxylic acids is 1. The molecule has 2 aromatic carbocycles. The van der Waals surface area contributed by atoms with Crippen LogP contribution in [0.4, 0.5) is 11.6 Å². The van der Waals surface area contributed by atoms with Crippen molar-refractivity contribution in [1.29, 1.82) is 0 Å². The van der Waals surface area contributed by atoms with Gasteiger partial charge in [-0.1, -0.05) is 6.07 Å². The van der Waals surface area contributed by atoms with Gasteiger partial charge in [-0.25, -0.2) is 4.52 Å². The number of rotatable bonds is 6. The van der Waals surface area contributed by atoms with Crippen LogP contribution in [0.5, 0.6) is 5.75 Å². The Morgan fingerprint density at radius 1 is 1.03 bits per heavy atom. The third-order valence-corrected chi connectivity index (χ3v) is 4.31. The standard InChI is InChI=1S/C22H21N5O2/c1-14(2)29-18-12-8-15(9-13-18)19-4-3-5-20-25-22(26-27(19)20)24-17-10-6-16(7-11-17)21(23)28/h3-14H,1-2H3,(H2,23,28)(H,24,26). The van der Waals surface area contributed by atoms with Crippen LogP contribution in [0.1, 0.15) is 24.2 Å². The van der Waals surface area contributed by atoms with Crippen molar-refractivity contribution < 1.29 is 9.53 Å². The van der Waals surface area contributed by atoms with Gasteiger partial charge in [-0.15, -0.1) is 5.10 Å². The smallest absolute Gasteiger partial charge is 0.248 e. The lowest BCUT2D eigenvalue weighted by Gasteiger charge is -2.10. The molecule has 29 heavy (non-hydrogen) atoms. The number of amides is 1. The van der Waals surface area contributed by atoms with Crippen molar-refractivity contribution in [3.8, 4) is 17.0 Å². The Morgan fingerprint density at radius 2 is 1.76 bits per heavy atom. The molecule has 4 aromatic rings. The topological polar surface area (TPSA) is 94.5 Å². The first-order chi connectivity index (χ1) is 14.0. The first kappa shape index (κ1) is 18.5. The van der Waals surface area contributed by atoms with Crippen molar-refractivity contribution in [2.45, 2.75) is 20.0 Å². The van der Waals surface area contributed by atoms with E-state index in [9.17, 15) is 4.79 Å². The second-order valence-electron chi connectivity index (χ2n) is 6.87. The Hall–Kier alpha value is -3.87. The van der Waals surface area contributed by atoms with Crippen molar-refractivity contribution in [1.82, 2.24) is 14.6 Å². The fourth-order valence-electron chi connectivity index (χ4n) is 3.00. The molecule has 3 N–H and O–H groups in total. The van der Waals surface area contributed by atoms with E-state index in [0.29, 0.717) is 11.5 Å². The first-order valence-electron chi connectivity index (χ1n) is 9.29. The Kier molecular flexibility index (Phi) is 4.87. The lowest BCUT2D eigenvalue weighted by Crippen LogP contribution is -2.10. The second kappa shape index (κ2) is 7.63. The lowest BCUT2D eigenvalue weighted by atomic mass is 10.1. The maximum absolute atomic E-state index is 11.2. The number of carbonyl (C=O) groups is 1. The SMILES string of the molecule is CC(C)Oc1ccc(-c2cccc3nc(Nc4ccc(C(N)=O)cc4)nn23)cc1. The monoisotopic (exact) mass is 387 g/mol. The summed E-state index contributed by atoms with van der Waals surface area (Å²) in [7, 11) is 0. The van der Waals surface area contributed by atoms with Crippen LogP contribution in [0.15, 0.2) is 66.7 Å². The van der Waals surface area contributed by atoms with Gasteiger partial charge in [0.25, 0.3) is 0 Å². The highest BCUT2D eigenvalue weighted by Crippen LogP contribution is 2.24. The molecule has 7 heteroatoms. The molecule has 7 nitrogen and oxygen atoms in total. The molecule has 0 radical (unpaired) electrons. The summed E-state index contributed by atoms with van der Waals surface area (Å²) in [4.78, 5) is 15.7. The molecule has 0 atom stereocenters. The number of nitrogens with zero attached hydrogens (tertiary/aromatic N) is 3. The largest absolute Gasteiger partial charge is 0.491 e. The van der Waals surface area contributed by atoms with Gasteiger partial charge < -0.3 is 15.8 Å². The molecule has 4 rings (SSSR count). The minimum Gasteiger partial charge on any atom is -0.491 e. The van der Waals surface area contributed by atoms with Gasteiger partial charge in [0.15, 0.2) is 5.65 Å². The number of ether oxygens (including phenoxy) is 1. The number of anilines is 2. The molecule has 2 aromatic heterocycles. The summed E-state index contributed by atoms with van der Waals surface area (Å²) in [5, 5.41) is 7.74. The fraction of sp³-hybridized carbons (Fsp3) is 0.136. The summed E-state index contributed by atoms with van der Waals surface area (Å²) in [6, 6.07) is 20.6. The van der Waals surface area contributed by atoms with Gasteiger partial charge in [0.05, 0.1) is 11.8 Å². The summed E-state index contributed by atoms with van der Waals surface area (Å²) in [6.45, 7) is 4.00. The first-order valence-corrected chi connectivity index (χ1v) is 9.29. The van der Waals surface area contributed by atoms with Crippen molar-refractivity contribution in [3.63, 3.8) is 0 Å². The molecule has 1 amide bonds. The molecule has 0 spiro atoms. The van der Waals surface area contributed by atoms with Gasteiger partial charge in [-0.3, -0.25) is 4.79 Å². The average Bonchev–Trinajstić information content (AvgIpc) is 3.11. The van der Waals surface area contributed by atoms with Gasteiger partial charge in [-0.05, 0) is 74.5 Å². The molecular formula is C22H21N5O2. The van der Waals surface area contributed by atoms with Gasteiger partial charge in [-0.2, -0.15) is 4.98 Å². The normalized spacial score (nSPS) is 11.0. The Bertz CT molecular complexity index is 1150. The molecule has 0 saturated heterocycles. The van der Waals surface area contributed by atoms with E-state index in [1.165, 1.54) is 0 Å². The van der Waals surface area contributed by atoms with Crippen LogP contribution in [0.2, 0.25) is 0 Å². The van der Waals surface area contributed by atoms with Gasteiger partial charge in [0.2, 0.25) is 11.9 Å². The van der Waals surface area contributed by atoms with Gasteiger partial charge in [0.1, 0.15) is 5.75 Å². The van der Waals surface area contributed by atoms with Crippen LogP contribution >= 0.6 is 0 Å². The van der Waals surface area contributed by atoms with Crippen LogP contribution < -0.4 is 15.8 Å². The molecule has 0 bridgehead atoms. The molecule has 0 fully saturated rings. The van der Waals surface area contributed by atoms with E-state index in [2.05, 4.69) is 15.4 Å². The third kappa shape index (κ3) is 4.03. The molecule has 0 aliphatic heterocycles. The number of pyridine rings is 1. The van der Waals surface area contributed by atoms with E-state index in [1.807, 2.05) is 56.3 Å². The van der Waals surface area contributed by atoms with E-state index in [1.54, 1.807) is 28.8 Å². The van der Waals surface area contributed by atoms with Crippen molar-refractivity contribution in [3.05, 3.63) is 72.3 Å². The summed E-state index contributed by atoms with van der Waals surface area (Å²) >= 11 is 0. The predicted octanol–water partition coefficient (Wildman–Crippen LogP) is 4.03. The molecular weight excluding hydrogens is 366 g/mol. The molecule has 146 valence electrons. The molecule has 2 heterocycles. The molecule has 0 aliphatic carbocycles. The Labute approximate surface area is 168 Å². The van der Waals surface area contributed by atoms with Crippen molar-refractivity contribution >= 4 is 23.2 Å². The number of aromatic nitrogens is 3. The molecule has 0 unspecified atom stereocenters. The minimum atomic E-state index is -0.461. The van der Waals surface area contributed by atoms with Crippen molar-refractivity contribution in [2.75, 3.05) is 5.32 Å². The van der Waals surface area contributed by atoms with Crippen LogP contribution in [0.3, 0.4) is 0 Å². The third-order valence-electron chi connectivity index (χ3n) is 4.31. The zero-order valence-electron chi connectivity index (χ0n) is 16.2. The number of nitrogens with two attached hydrogens (primary N) is 1. The number of hydrogen-bond donors (Lipinski definition) is 2. The average molecular weight is 387 g/mol. The van der Waals surface area contributed by atoms with Crippen molar-refractivity contribution in [2.24, 2.45) is 5.73 Å². The summed E-state index contributed by atoms with van der Waals surface area (Å²) in [5.74, 6) is 0.831. The van der Waals surface area contributed by atoms with Crippen LogP contribution in [0, 0.1) is 0 Å². The molecule has 0 aliphatic rings. The predicted molar refractivity (Wildman–Crippen MR) is 112 cm³/mol. The fourth-order valence-corrected chi connectivity index (χ4v) is 3.00. The highest BCUT2D eigenvalue weighted by molar-refractivity contribution is 5.93.